The van der Waals surface area contributed by atoms with Crippen LogP contribution in [0, 0.1) is 0 Å². The molecule has 5 heteroatoms. The number of ketones is 1. The molecule has 1 aromatic heterocycles. The molecule has 0 spiro atoms. The number of pyridine rings is 1. The van der Waals surface area contributed by atoms with Crippen molar-refractivity contribution >= 4 is 17.7 Å². The number of nitrogens with zero attached hydrogens (tertiary/aromatic N) is 1. The molecule has 0 aliphatic rings. The number of benzene rings is 1. The van der Waals surface area contributed by atoms with Gasteiger partial charge in [-0.3, -0.25) is 10.1 Å². The van der Waals surface area contributed by atoms with Crippen molar-refractivity contribution in [3.8, 4) is 0 Å². The number of nitrogens with one attached hydrogen (secondary N) is 1. The van der Waals surface area contributed by atoms with Crippen LogP contribution in [-0.2, 0) is 11.2 Å². The number of ether oxygens (including phenoxy) is 1. The van der Waals surface area contributed by atoms with Crippen LogP contribution in [0.2, 0.25) is 0 Å². The maximum absolute atomic E-state index is 12.6. The molecule has 2 rings (SSSR count). The summed E-state index contributed by atoms with van der Waals surface area (Å²) in [6, 6.07) is 11.2. The normalized spacial score (nSPS) is 11.3. The summed E-state index contributed by atoms with van der Waals surface area (Å²) in [5.41, 5.74) is 2.03. The van der Waals surface area contributed by atoms with Gasteiger partial charge in [-0.05, 0) is 56.0 Å². The lowest BCUT2D eigenvalue weighted by molar-refractivity contribution is 0.0635. The molecule has 1 amide bonds. The van der Waals surface area contributed by atoms with Crippen molar-refractivity contribution in [2.75, 3.05) is 5.32 Å². The Kier molecular flexibility index (Phi) is 6.14. The number of amides is 1. The lowest BCUT2D eigenvalue weighted by atomic mass is 9.97. The van der Waals surface area contributed by atoms with Gasteiger partial charge in [0.15, 0.2) is 5.78 Å². The third-order valence-electron chi connectivity index (χ3n) is 3.69. The summed E-state index contributed by atoms with van der Waals surface area (Å²) < 4.78 is 5.21. The summed E-state index contributed by atoms with van der Waals surface area (Å²) in [6.07, 6.45) is 1.24. The lowest BCUT2D eigenvalue weighted by Gasteiger charge is -2.19. The molecule has 0 bridgehead atoms. The molecule has 0 radical (unpaired) electrons. The Balaban J connectivity index is 2.07. The molecule has 0 fully saturated rings. The van der Waals surface area contributed by atoms with E-state index in [1.807, 2.05) is 24.3 Å². The lowest BCUT2D eigenvalue weighted by Crippen LogP contribution is -2.27. The molecule has 0 atom stereocenters. The molecule has 1 N–H and O–H groups in total. The van der Waals surface area contributed by atoms with Gasteiger partial charge in [-0.2, -0.15) is 0 Å². The highest BCUT2D eigenvalue weighted by Crippen LogP contribution is 2.18. The molecule has 2 aromatic rings. The van der Waals surface area contributed by atoms with Crippen molar-refractivity contribution in [1.29, 1.82) is 0 Å². The largest absolute Gasteiger partial charge is 0.444 e. The Morgan fingerprint density at radius 3 is 2.54 bits per heavy atom. The van der Waals surface area contributed by atoms with Crippen LogP contribution in [0.3, 0.4) is 0 Å². The fourth-order valence-corrected chi connectivity index (χ4v) is 2.42. The van der Waals surface area contributed by atoms with Crippen molar-refractivity contribution in [2.45, 2.75) is 52.6 Å². The minimum Gasteiger partial charge on any atom is -0.444 e. The number of Topliss-reactive ketones (excluding diaryl/α,β-unsaturated/α-hetero) is 1. The van der Waals surface area contributed by atoms with Crippen LogP contribution in [0.15, 0.2) is 42.6 Å². The number of rotatable bonds is 5. The Labute approximate surface area is 154 Å². The average Bonchev–Trinajstić information content (AvgIpc) is 2.53. The molecule has 1 aromatic carbocycles. The van der Waals surface area contributed by atoms with E-state index in [2.05, 4.69) is 24.1 Å². The first-order valence-electron chi connectivity index (χ1n) is 8.72. The zero-order valence-corrected chi connectivity index (χ0v) is 16.0. The first-order valence-corrected chi connectivity index (χ1v) is 8.72. The van der Waals surface area contributed by atoms with E-state index in [1.54, 1.807) is 39.1 Å². The topological polar surface area (TPSA) is 68.3 Å². The Morgan fingerprint density at radius 1 is 1.15 bits per heavy atom. The molecule has 0 aliphatic carbocycles. The highest BCUT2D eigenvalue weighted by atomic mass is 16.6. The quantitative estimate of drug-likeness (QED) is 0.769. The predicted molar refractivity (Wildman–Crippen MR) is 103 cm³/mol. The van der Waals surface area contributed by atoms with E-state index >= 15 is 0 Å². The van der Waals surface area contributed by atoms with Crippen LogP contribution < -0.4 is 5.32 Å². The molecule has 0 aliphatic heterocycles. The highest BCUT2D eigenvalue weighted by molar-refractivity contribution is 5.97. The summed E-state index contributed by atoms with van der Waals surface area (Å²) >= 11 is 0. The third kappa shape index (κ3) is 5.99. The molecule has 5 nitrogen and oxygen atoms in total. The Morgan fingerprint density at radius 2 is 1.88 bits per heavy atom. The van der Waals surface area contributed by atoms with Crippen molar-refractivity contribution in [3.63, 3.8) is 0 Å². The summed E-state index contributed by atoms with van der Waals surface area (Å²) in [5.74, 6) is 0.760. The monoisotopic (exact) mass is 354 g/mol. The molecular weight excluding hydrogens is 328 g/mol. The summed E-state index contributed by atoms with van der Waals surface area (Å²) in [7, 11) is 0. The van der Waals surface area contributed by atoms with Gasteiger partial charge in [0.2, 0.25) is 0 Å². The van der Waals surface area contributed by atoms with Crippen LogP contribution in [0.25, 0.3) is 0 Å². The second-order valence-corrected chi connectivity index (χ2v) is 7.56. The van der Waals surface area contributed by atoms with E-state index in [0.717, 1.165) is 11.1 Å². The van der Waals surface area contributed by atoms with Gasteiger partial charge in [0.05, 0.1) is 0 Å². The van der Waals surface area contributed by atoms with Crippen molar-refractivity contribution in [1.82, 2.24) is 4.98 Å². The van der Waals surface area contributed by atoms with Gasteiger partial charge in [0.1, 0.15) is 11.4 Å². The van der Waals surface area contributed by atoms with E-state index in [9.17, 15) is 9.59 Å². The number of anilines is 1. The summed E-state index contributed by atoms with van der Waals surface area (Å²) in [6.45, 7) is 9.57. The van der Waals surface area contributed by atoms with Crippen LogP contribution >= 0.6 is 0 Å². The molecule has 0 saturated carbocycles. The first-order chi connectivity index (χ1) is 12.1. The van der Waals surface area contributed by atoms with Crippen LogP contribution in [-0.4, -0.2) is 22.5 Å². The second kappa shape index (κ2) is 8.13. The minimum atomic E-state index is -0.584. The fraction of sp³-hybridized carbons (Fsp3) is 0.381. The standard InChI is InChI=1S/C21H26N2O3/c1-14(2)16-7-6-8-17(13-16)18(24)11-15-9-10-22-19(12-15)23-20(25)26-21(3,4)5/h6-10,12-14H,11H2,1-5H3,(H,22,23,25). The van der Waals surface area contributed by atoms with Gasteiger partial charge in [-0.1, -0.05) is 32.0 Å². The number of carbonyl (C=O) groups is 2. The molecular formula is C21H26N2O3. The van der Waals surface area contributed by atoms with Crippen molar-refractivity contribution in [2.24, 2.45) is 0 Å². The number of aromatic nitrogens is 1. The predicted octanol–water partition coefficient (Wildman–Crippen LogP) is 4.98. The molecule has 26 heavy (non-hydrogen) atoms. The SMILES string of the molecule is CC(C)c1cccc(C(=O)Cc2ccnc(NC(=O)OC(C)(C)C)c2)c1. The van der Waals surface area contributed by atoms with Gasteiger partial charge in [0, 0.05) is 18.2 Å². The number of hydrogen-bond acceptors (Lipinski definition) is 4. The summed E-state index contributed by atoms with van der Waals surface area (Å²) in [5, 5.41) is 2.59. The average molecular weight is 354 g/mol. The zero-order valence-electron chi connectivity index (χ0n) is 16.0. The van der Waals surface area contributed by atoms with Crippen LogP contribution in [0.5, 0.6) is 0 Å². The maximum Gasteiger partial charge on any atom is 0.413 e. The highest BCUT2D eigenvalue weighted by Gasteiger charge is 2.17. The zero-order chi connectivity index (χ0) is 19.3. The molecule has 138 valence electrons. The number of carbonyl (C=O) groups excluding carboxylic acids is 2. The third-order valence-corrected chi connectivity index (χ3v) is 3.69. The van der Waals surface area contributed by atoms with Gasteiger partial charge >= 0.3 is 6.09 Å². The van der Waals surface area contributed by atoms with Crippen molar-refractivity contribution < 1.29 is 14.3 Å². The van der Waals surface area contributed by atoms with E-state index in [4.69, 9.17) is 4.74 Å². The maximum atomic E-state index is 12.6. The van der Waals surface area contributed by atoms with E-state index in [-0.39, 0.29) is 12.2 Å². The molecule has 0 unspecified atom stereocenters. The van der Waals surface area contributed by atoms with Crippen LogP contribution in [0.4, 0.5) is 10.6 Å². The Bertz CT molecular complexity index is 792. The fourth-order valence-electron chi connectivity index (χ4n) is 2.42. The van der Waals surface area contributed by atoms with Gasteiger partial charge in [-0.15, -0.1) is 0 Å². The Hall–Kier alpha value is -2.69. The van der Waals surface area contributed by atoms with E-state index in [1.165, 1.54) is 0 Å². The van der Waals surface area contributed by atoms with E-state index in [0.29, 0.717) is 17.3 Å². The van der Waals surface area contributed by atoms with Crippen LogP contribution in [0.1, 0.15) is 62.0 Å². The smallest absolute Gasteiger partial charge is 0.413 e. The van der Waals surface area contributed by atoms with E-state index < -0.39 is 11.7 Å². The first kappa shape index (κ1) is 19.6. The van der Waals surface area contributed by atoms with Gasteiger partial charge < -0.3 is 4.74 Å². The van der Waals surface area contributed by atoms with Crippen molar-refractivity contribution in [3.05, 3.63) is 59.3 Å². The molecule has 1 heterocycles. The van der Waals surface area contributed by atoms with Gasteiger partial charge in [-0.25, -0.2) is 9.78 Å². The second-order valence-electron chi connectivity index (χ2n) is 7.56. The molecule has 0 saturated heterocycles. The van der Waals surface area contributed by atoms with Gasteiger partial charge in [0.25, 0.3) is 0 Å². The number of hydrogen-bond donors (Lipinski definition) is 1. The minimum absolute atomic E-state index is 0.0296. The summed E-state index contributed by atoms with van der Waals surface area (Å²) in [4.78, 5) is 28.5.